The smallest absolute Gasteiger partial charge is 0.139 e. The minimum absolute atomic E-state index is 0.159. The predicted molar refractivity (Wildman–Crippen MR) is 73.8 cm³/mol. The minimum Gasteiger partial charge on any atom is -0.307 e. The summed E-state index contributed by atoms with van der Waals surface area (Å²) in [5.74, 6) is 1.44. The van der Waals surface area contributed by atoms with Crippen LogP contribution in [-0.2, 0) is 0 Å². The lowest BCUT2D eigenvalue weighted by molar-refractivity contribution is 0.676. The van der Waals surface area contributed by atoms with Crippen molar-refractivity contribution in [1.29, 1.82) is 0 Å². The summed E-state index contributed by atoms with van der Waals surface area (Å²) >= 11 is 1.75. The largest absolute Gasteiger partial charge is 0.307 e. The zero-order valence-corrected chi connectivity index (χ0v) is 11.4. The molecule has 1 N–H and O–H groups in total. The van der Waals surface area contributed by atoms with E-state index in [0.29, 0.717) is 5.92 Å². The lowest BCUT2D eigenvalue weighted by Gasteiger charge is -2.12. The van der Waals surface area contributed by atoms with Crippen molar-refractivity contribution in [3.63, 3.8) is 0 Å². The normalized spacial score (nSPS) is 23.9. The first-order valence-corrected chi connectivity index (χ1v) is 7.16. The molecule has 0 aliphatic heterocycles. The van der Waals surface area contributed by atoms with Crippen LogP contribution in [0.2, 0.25) is 0 Å². The second kappa shape index (κ2) is 4.78. The molecular weight excluding hydrogens is 242 g/mol. The van der Waals surface area contributed by atoms with Crippen molar-refractivity contribution in [3.05, 3.63) is 45.9 Å². The number of hydrogen-bond acceptors (Lipinski definition) is 4. The standard InChI is InChI=1S/C14H17N3S/c1-9-8-11(9)13-16-17-14(18-13)12(15-2)10-6-4-3-5-7-10/h3-7,9,11-12,15H,8H2,1-2H3. The van der Waals surface area contributed by atoms with E-state index in [4.69, 9.17) is 0 Å². The molecule has 1 aliphatic carbocycles. The van der Waals surface area contributed by atoms with Gasteiger partial charge >= 0.3 is 0 Å². The second-order valence-electron chi connectivity index (χ2n) is 4.93. The number of nitrogens with one attached hydrogen (secondary N) is 1. The number of hydrogen-bond donors (Lipinski definition) is 1. The van der Waals surface area contributed by atoms with Gasteiger partial charge < -0.3 is 5.32 Å². The molecule has 1 fully saturated rings. The quantitative estimate of drug-likeness (QED) is 0.917. The zero-order valence-electron chi connectivity index (χ0n) is 10.6. The summed E-state index contributed by atoms with van der Waals surface area (Å²) in [6.07, 6.45) is 1.27. The first-order valence-electron chi connectivity index (χ1n) is 6.35. The van der Waals surface area contributed by atoms with Crippen LogP contribution in [0.4, 0.5) is 0 Å². The molecule has 0 amide bonds. The third-order valence-corrected chi connectivity index (χ3v) is 4.67. The first-order chi connectivity index (χ1) is 8.79. The predicted octanol–water partition coefficient (Wildman–Crippen LogP) is 2.97. The molecule has 1 heterocycles. The van der Waals surface area contributed by atoms with Crippen LogP contribution >= 0.6 is 11.3 Å². The van der Waals surface area contributed by atoms with Gasteiger partial charge in [0.05, 0.1) is 6.04 Å². The van der Waals surface area contributed by atoms with Gasteiger partial charge in [-0.05, 0) is 24.9 Å². The molecule has 2 aromatic rings. The van der Waals surface area contributed by atoms with Crippen molar-refractivity contribution in [2.24, 2.45) is 5.92 Å². The van der Waals surface area contributed by atoms with Gasteiger partial charge in [0.15, 0.2) is 0 Å². The maximum atomic E-state index is 4.37. The maximum Gasteiger partial charge on any atom is 0.139 e. The summed E-state index contributed by atoms with van der Waals surface area (Å²) in [5.41, 5.74) is 1.24. The Morgan fingerprint density at radius 1 is 1.28 bits per heavy atom. The van der Waals surface area contributed by atoms with E-state index in [-0.39, 0.29) is 6.04 Å². The van der Waals surface area contributed by atoms with Gasteiger partial charge in [-0.2, -0.15) is 0 Å². The Labute approximate surface area is 111 Å². The van der Waals surface area contributed by atoms with Crippen LogP contribution in [0.15, 0.2) is 30.3 Å². The fraction of sp³-hybridized carbons (Fsp3) is 0.429. The van der Waals surface area contributed by atoms with Crippen molar-refractivity contribution >= 4 is 11.3 Å². The van der Waals surface area contributed by atoms with Crippen LogP contribution in [0.3, 0.4) is 0 Å². The Balaban J connectivity index is 1.86. The number of nitrogens with zero attached hydrogens (tertiary/aromatic N) is 2. The van der Waals surface area contributed by atoms with Gasteiger partial charge in [-0.1, -0.05) is 48.6 Å². The van der Waals surface area contributed by atoms with Crippen LogP contribution < -0.4 is 5.32 Å². The summed E-state index contributed by atoms with van der Waals surface area (Å²) in [5, 5.41) is 14.3. The molecule has 1 aromatic carbocycles. The van der Waals surface area contributed by atoms with E-state index in [9.17, 15) is 0 Å². The minimum atomic E-state index is 0.159. The van der Waals surface area contributed by atoms with Crippen molar-refractivity contribution in [2.75, 3.05) is 7.05 Å². The fourth-order valence-electron chi connectivity index (χ4n) is 2.26. The lowest BCUT2D eigenvalue weighted by atomic mass is 10.1. The molecule has 4 heteroatoms. The highest BCUT2D eigenvalue weighted by atomic mass is 32.1. The SMILES string of the molecule is CNC(c1ccccc1)c1nnc(C2CC2C)s1. The van der Waals surface area contributed by atoms with Crippen LogP contribution in [0.25, 0.3) is 0 Å². The molecule has 1 aliphatic rings. The van der Waals surface area contributed by atoms with Crippen LogP contribution in [0.5, 0.6) is 0 Å². The van der Waals surface area contributed by atoms with Gasteiger partial charge in [0.1, 0.15) is 10.0 Å². The molecule has 0 spiro atoms. The molecule has 0 saturated heterocycles. The van der Waals surface area contributed by atoms with Gasteiger partial charge in [0.2, 0.25) is 0 Å². The summed E-state index contributed by atoms with van der Waals surface area (Å²) in [6.45, 7) is 2.28. The Hall–Kier alpha value is -1.26. The fourth-order valence-corrected chi connectivity index (χ4v) is 3.49. The van der Waals surface area contributed by atoms with E-state index in [0.717, 1.165) is 10.9 Å². The van der Waals surface area contributed by atoms with Crippen LogP contribution in [0.1, 0.15) is 40.9 Å². The molecule has 3 unspecified atom stereocenters. The summed E-state index contributed by atoms with van der Waals surface area (Å²) in [6, 6.07) is 10.6. The van der Waals surface area contributed by atoms with E-state index in [2.05, 4.69) is 46.7 Å². The average Bonchev–Trinajstić information content (AvgIpc) is 2.94. The third kappa shape index (κ3) is 2.18. The van der Waals surface area contributed by atoms with Gasteiger partial charge in [-0.3, -0.25) is 0 Å². The van der Waals surface area contributed by atoms with Gasteiger partial charge in [-0.15, -0.1) is 10.2 Å². The Morgan fingerprint density at radius 3 is 2.61 bits per heavy atom. The highest BCUT2D eigenvalue weighted by Gasteiger charge is 2.37. The van der Waals surface area contributed by atoms with Gasteiger partial charge in [0, 0.05) is 5.92 Å². The monoisotopic (exact) mass is 259 g/mol. The average molecular weight is 259 g/mol. The number of aromatic nitrogens is 2. The Kier molecular flexibility index (Phi) is 3.14. The molecule has 3 rings (SSSR count). The maximum absolute atomic E-state index is 4.37. The molecule has 1 saturated carbocycles. The van der Waals surface area contributed by atoms with Crippen molar-refractivity contribution in [3.8, 4) is 0 Å². The van der Waals surface area contributed by atoms with Crippen LogP contribution in [-0.4, -0.2) is 17.2 Å². The third-order valence-electron chi connectivity index (χ3n) is 3.55. The summed E-state index contributed by atoms with van der Waals surface area (Å²) in [7, 11) is 1.97. The number of benzene rings is 1. The molecule has 3 nitrogen and oxygen atoms in total. The van der Waals surface area contributed by atoms with Crippen molar-refractivity contribution in [2.45, 2.75) is 25.3 Å². The molecule has 94 valence electrons. The van der Waals surface area contributed by atoms with Crippen LogP contribution in [0, 0.1) is 5.92 Å². The molecule has 0 bridgehead atoms. The van der Waals surface area contributed by atoms with E-state index in [1.807, 2.05) is 13.1 Å². The second-order valence-corrected chi connectivity index (χ2v) is 5.97. The molecule has 18 heavy (non-hydrogen) atoms. The lowest BCUT2D eigenvalue weighted by Crippen LogP contribution is -2.17. The first kappa shape index (κ1) is 11.8. The number of rotatable bonds is 4. The van der Waals surface area contributed by atoms with Gasteiger partial charge in [-0.25, -0.2) is 0 Å². The van der Waals surface area contributed by atoms with E-state index >= 15 is 0 Å². The molecule has 0 radical (unpaired) electrons. The highest BCUT2D eigenvalue weighted by molar-refractivity contribution is 7.11. The molecular formula is C14H17N3S. The molecule has 1 aromatic heterocycles. The van der Waals surface area contributed by atoms with Crippen molar-refractivity contribution < 1.29 is 0 Å². The van der Waals surface area contributed by atoms with E-state index in [1.54, 1.807) is 11.3 Å². The summed E-state index contributed by atoms with van der Waals surface area (Å²) < 4.78 is 0. The van der Waals surface area contributed by atoms with E-state index < -0.39 is 0 Å². The van der Waals surface area contributed by atoms with Gasteiger partial charge in [0.25, 0.3) is 0 Å². The van der Waals surface area contributed by atoms with Crippen molar-refractivity contribution in [1.82, 2.24) is 15.5 Å². The van der Waals surface area contributed by atoms with E-state index in [1.165, 1.54) is 17.0 Å². The Bertz CT molecular complexity index is 523. The summed E-state index contributed by atoms with van der Waals surface area (Å²) in [4.78, 5) is 0. The Morgan fingerprint density at radius 2 is 2.00 bits per heavy atom. The highest BCUT2D eigenvalue weighted by Crippen LogP contribution is 2.48. The topological polar surface area (TPSA) is 37.8 Å². The zero-order chi connectivity index (χ0) is 12.5. The molecule has 3 atom stereocenters.